The van der Waals surface area contributed by atoms with Gasteiger partial charge in [-0.05, 0) is 36.2 Å². The van der Waals surface area contributed by atoms with Crippen LogP contribution in [0.5, 0.6) is 5.75 Å². The lowest BCUT2D eigenvalue weighted by molar-refractivity contribution is -0.145. The minimum atomic E-state index is -0.439. The van der Waals surface area contributed by atoms with E-state index in [0.717, 1.165) is 11.0 Å². The van der Waals surface area contributed by atoms with Gasteiger partial charge in [-0.1, -0.05) is 24.3 Å². The van der Waals surface area contributed by atoms with Crippen molar-refractivity contribution >= 4 is 16.9 Å². The smallest absolute Gasteiger partial charge is 0.306 e. The van der Waals surface area contributed by atoms with E-state index in [0.29, 0.717) is 17.7 Å². The monoisotopic (exact) mass is 328 g/mol. The number of hydrogen-bond acceptors (Lipinski definition) is 4. The van der Waals surface area contributed by atoms with Crippen molar-refractivity contribution < 1.29 is 23.1 Å². The molecule has 0 radical (unpaired) electrons. The quantitative estimate of drug-likeness (QED) is 0.635. The number of para-hydroxylation sites is 1. The molecule has 0 spiro atoms. The van der Waals surface area contributed by atoms with Crippen molar-refractivity contribution in [1.82, 2.24) is 0 Å². The lowest BCUT2D eigenvalue weighted by Crippen LogP contribution is -2.05. The zero-order valence-corrected chi connectivity index (χ0v) is 13.3. The van der Waals surface area contributed by atoms with E-state index in [1.807, 2.05) is 30.3 Å². The van der Waals surface area contributed by atoms with E-state index in [-0.39, 0.29) is 24.7 Å². The molecule has 2 aromatic carbocycles. The summed E-state index contributed by atoms with van der Waals surface area (Å²) in [5.74, 6) is -0.0106. The van der Waals surface area contributed by atoms with Gasteiger partial charge in [0.2, 0.25) is 0 Å². The molecule has 0 atom stereocenters. The number of aryl methyl sites for hydroxylation is 1. The number of ether oxygens (including phenoxy) is 2. The van der Waals surface area contributed by atoms with E-state index in [1.54, 1.807) is 12.1 Å². The number of halogens is 1. The highest BCUT2D eigenvalue weighted by atomic mass is 19.1. The molecular formula is C19H17FO4. The maximum Gasteiger partial charge on any atom is 0.306 e. The first-order valence-electron chi connectivity index (χ1n) is 7.61. The molecule has 0 unspecified atom stereocenters. The summed E-state index contributed by atoms with van der Waals surface area (Å²) < 4.78 is 29.2. The average molecular weight is 328 g/mol. The second-order valence-corrected chi connectivity index (χ2v) is 5.38. The maximum atomic E-state index is 13.6. The third-order valence-corrected chi connectivity index (χ3v) is 3.69. The molecule has 124 valence electrons. The molecule has 0 saturated carbocycles. The molecule has 4 nitrogen and oxygen atoms in total. The Morgan fingerprint density at radius 1 is 1.17 bits per heavy atom. The zero-order valence-electron chi connectivity index (χ0n) is 13.3. The first-order chi connectivity index (χ1) is 11.7. The standard InChI is InChI=1S/C19H17FO4/c1-22-18-8-6-13(10-16(18)20)7-9-19(21)23-12-15-11-14-4-2-3-5-17(14)24-15/h2-6,8,10-11H,7,9,12H2,1H3. The number of carbonyl (C=O) groups excluding carboxylic acids is 1. The van der Waals surface area contributed by atoms with Crippen LogP contribution in [0.1, 0.15) is 17.7 Å². The largest absolute Gasteiger partial charge is 0.494 e. The SMILES string of the molecule is COc1ccc(CCC(=O)OCc2cc3ccccc3o2)cc1F. The van der Waals surface area contributed by atoms with Crippen molar-refractivity contribution in [3.63, 3.8) is 0 Å². The zero-order chi connectivity index (χ0) is 16.9. The van der Waals surface area contributed by atoms with Gasteiger partial charge in [0.05, 0.1) is 7.11 Å². The molecule has 0 aliphatic carbocycles. The Kier molecular flexibility index (Phi) is 4.79. The van der Waals surface area contributed by atoms with E-state index in [1.165, 1.54) is 13.2 Å². The highest BCUT2D eigenvalue weighted by Crippen LogP contribution is 2.20. The van der Waals surface area contributed by atoms with Gasteiger partial charge in [0, 0.05) is 11.8 Å². The first kappa shape index (κ1) is 16.1. The maximum absolute atomic E-state index is 13.6. The normalized spacial score (nSPS) is 10.8. The molecule has 1 heterocycles. The van der Waals surface area contributed by atoms with Crippen molar-refractivity contribution in [2.45, 2.75) is 19.4 Å². The number of hydrogen-bond donors (Lipinski definition) is 0. The fourth-order valence-corrected chi connectivity index (χ4v) is 2.44. The van der Waals surface area contributed by atoms with Gasteiger partial charge in [-0.15, -0.1) is 0 Å². The Bertz CT molecular complexity index is 820. The van der Waals surface area contributed by atoms with Crippen LogP contribution in [0.4, 0.5) is 4.39 Å². The van der Waals surface area contributed by atoms with Crippen LogP contribution in [-0.4, -0.2) is 13.1 Å². The minimum Gasteiger partial charge on any atom is -0.494 e. The van der Waals surface area contributed by atoms with E-state index in [4.69, 9.17) is 13.9 Å². The predicted molar refractivity (Wildman–Crippen MR) is 87.3 cm³/mol. The Morgan fingerprint density at radius 3 is 2.75 bits per heavy atom. The number of rotatable bonds is 6. The van der Waals surface area contributed by atoms with E-state index in [9.17, 15) is 9.18 Å². The Morgan fingerprint density at radius 2 is 2.00 bits per heavy atom. The van der Waals surface area contributed by atoms with Crippen molar-refractivity contribution in [2.24, 2.45) is 0 Å². The van der Waals surface area contributed by atoms with Gasteiger partial charge in [-0.3, -0.25) is 4.79 Å². The molecule has 1 aromatic heterocycles. The highest BCUT2D eigenvalue weighted by Gasteiger charge is 2.09. The molecule has 0 fully saturated rings. The van der Waals surface area contributed by atoms with Crippen LogP contribution >= 0.6 is 0 Å². The van der Waals surface area contributed by atoms with Crippen LogP contribution < -0.4 is 4.74 Å². The van der Waals surface area contributed by atoms with E-state index >= 15 is 0 Å². The fraction of sp³-hybridized carbons (Fsp3) is 0.211. The van der Waals surface area contributed by atoms with Crippen LogP contribution in [-0.2, 0) is 22.6 Å². The van der Waals surface area contributed by atoms with Gasteiger partial charge in [0.15, 0.2) is 11.6 Å². The Hall–Kier alpha value is -2.82. The average Bonchev–Trinajstić information content (AvgIpc) is 3.01. The van der Waals surface area contributed by atoms with Crippen molar-refractivity contribution in [3.05, 3.63) is 65.7 Å². The number of esters is 1. The van der Waals surface area contributed by atoms with Gasteiger partial charge in [-0.25, -0.2) is 4.39 Å². The lowest BCUT2D eigenvalue weighted by Gasteiger charge is -2.05. The van der Waals surface area contributed by atoms with Gasteiger partial charge < -0.3 is 13.9 Å². The highest BCUT2D eigenvalue weighted by molar-refractivity contribution is 5.77. The molecule has 24 heavy (non-hydrogen) atoms. The molecule has 0 aliphatic heterocycles. The third-order valence-electron chi connectivity index (χ3n) is 3.69. The molecule has 5 heteroatoms. The van der Waals surface area contributed by atoms with Crippen LogP contribution in [0, 0.1) is 5.82 Å². The summed E-state index contributed by atoms with van der Waals surface area (Å²) in [5.41, 5.74) is 1.48. The summed E-state index contributed by atoms with van der Waals surface area (Å²) in [5, 5.41) is 0.970. The van der Waals surface area contributed by atoms with Gasteiger partial charge in [0.25, 0.3) is 0 Å². The molecular weight excluding hydrogens is 311 g/mol. The third kappa shape index (κ3) is 3.74. The number of furan rings is 1. The molecule has 3 aromatic rings. The number of methoxy groups -OCH3 is 1. The second kappa shape index (κ2) is 7.17. The number of fused-ring (bicyclic) bond motifs is 1. The van der Waals surface area contributed by atoms with E-state index in [2.05, 4.69) is 0 Å². The summed E-state index contributed by atoms with van der Waals surface area (Å²) in [7, 11) is 1.41. The van der Waals surface area contributed by atoms with Crippen molar-refractivity contribution in [2.75, 3.05) is 7.11 Å². The molecule has 0 bridgehead atoms. The minimum absolute atomic E-state index is 0.0878. The topological polar surface area (TPSA) is 48.7 Å². The predicted octanol–water partition coefficient (Wildman–Crippen LogP) is 4.26. The van der Waals surface area contributed by atoms with Crippen LogP contribution in [0.2, 0.25) is 0 Å². The summed E-state index contributed by atoms with van der Waals surface area (Å²) in [6.45, 7) is 0.0878. The second-order valence-electron chi connectivity index (χ2n) is 5.38. The molecule has 0 aliphatic rings. The van der Waals surface area contributed by atoms with Gasteiger partial charge in [-0.2, -0.15) is 0 Å². The summed E-state index contributed by atoms with van der Waals surface area (Å²) in [4.78, 5) is 11.8. The summed E-state index contributed by atoms with van der Waals surface area (Å²) in [6, 6.07) is 14.1. The molecule has 0 saturated heterocycles. The summed E-state index contributed by atoms with van der Waals surface area (Å²) >= 11 is 0. The van der Waals surface area contributed by atoms with Gasteiger partial charge in [0.1, 0.15) is 18.0 Å². The summed E-state index contributed by atoms with van der Waals surface area (Å²) in [6.07, 6.45) is 0.575. The lowest BCUT2D eigenvalue weighted by atomic mass is 10.1. The fourth-order valence-electron chi connectivity index (χ4n) is 2.44. The molecule has 3 rings (SSSR count). The number of carbonyl (C=O) groups is 1. The first-order valence-corrected chi connectivity index (χ1v) is 7.61. The van der Waals surface area contributed by atoms with Crippen LogP contribution in [0.25, 0.3) is 11.0 Å². The molecule has 0 N–H and O–H groups in total. The van der Waals surface area contributed by atoms with Crippen LogP contribution in [0.3, 0.4) is 0 Å². The number of benzene rings is 2. The van der Waals surface area contributed by atoms with Crippen LogP contribution in [0.15, 0.2) is 52.9 Å². The Labute approximate surface area is 138 Å². The Balaban J connectivity index is 1.51. The molecule has 0 amide bonds. The van der Waals surface area contributed by atoms with Crippen molar-refractivity contribution in [1.29, 1.82) is 0 Å². The van der Waals surface area contributed by atoms with Gasteiger partial charge >= 0.3 is 5.97 Å². The van der Waals surface area contributed by atoms with E-state index < -0.39 is 5.82 Å². The van der Waals surface area contributed by atoms with Crippen molar-refractivity contribution in [3.8, 4) is 5.75 Å².